The molecule has 0 spiro atoms. The standard InChI is InChI=1S/C16H22Cl2N2/c1-5-16(6-2,7-3)20-13-10-8-9-12(18)14(13)19-15(20)11(4)17/h8-11H,5-7H2,1-4H3. The number of aromatic nitrogens is 2. The Balaban J connectivity index is 2.85. The van der Waals surface area contributed by atoms with Crippen LogP contribution in [0.3, 0.4) is 0 Å². The molecular formula is C16H22Cl2N2. The van der Waals surface area contributed by atoms with Gasteiger partial charge in [0.05, 0.1) is 15.9 Å². The molecule has 2 nitrogen and oxygen atoms in total. The first-order chi connectivity index (χ1) is 9.50. The van der Waals surface area contributed by atoms with Crippen molar-refractivity contribution in [3.8, 4) is 0 Å². The van der Waals surface area contributed by atoms with E-state index < -0.39 is 0 Å². The van der Waals surface area contributed by atoms with Gasteiger partial charge in [-0.05, 0) is 38.3 Å². The predicted molar refractivity (Wildman–Crippen MR) is 87.9 cm³/mol. The van der Waals surface area contributed by atoms with Crippen LogP contribution in [-0.4, -0.2) is 9.55 Å². The summed E-state index contributed by atoms with van der Waals surface area (Å²) in [4.78, 5) is 4.72. The van der Waals surface area contributed by atoms with Crippen molar-refractivity contribution < 1.29 is 0 Å². The van der Waals surface area contributed by atoms with Crippen molar-refractivity contribution >= 4 is 34.2 Å². The third-order valence-corrected chi connectivity index (χ3v) is 4.97. The lowest BCUT2D eigenvalue weighted by Gasteiger charge is -2.35. The van der Waals surface area contributed by atoms with Crippen molar-refractivity contribution in [1.82, 2.24) is 9.55 Å². The van der Waals surface area contributed by atoms with E-state index in [9.17, 15) is 0 Å². The van der Waals surface area contributed by atoms with E-state index in [2.05, 4.69) is 31.4 Å². The van der Waals surface area contributed by atoms with Gasteiger partial charge < -0.3 is 4.57 Å². The topological polar surface area (TPSA) is 17.8 Å². The van der Waals surface area contributed by atoms with Gasteiger partial charge in [0.25, 0.3) is 0 Å². The Kier molecular flexibility index (Phi) is 4.66. The molecule has 20 heavy (non-hydrogen) atoms. The second-order valence-electron chi connectivity index (χ2n) is 5.31. The first-order valence-electron chi connectivity index (χ1n) is 7.32. The van der Waals surface area contributed by atoms with Crippen LogP contribution in [0.15, 0.2) is 18.2 Å². The summed E-state index contributed by atoms with van der Waals surface area (Å²) in [5.41, 5.74) is 2.00. The van der Waals surface area contributed by atoms with Crippen LogP contribution in [0, 0.1) is 0 Å². The number of halogens is 2. The molecular weight excluding hydrogens is 291 g/mol. The van der Waals surface area contributed by atoms with Crippen molar-refractivity contribution in [3.05, 3.63) is 29.0 Å². The van der Waals surface area contributed by atoms with E-state index in [1.54, 1.807) is 0 Å². The Morgan fingerprint density at radius 2 is 1.80 bits per heavy atom. The molecule has 0 aliphatic carbocycles. The van der Waals surface area contributed by atoms with E-state index in [-0.39, 0.29) is 10.9 Å². The number of fused-ring (bicyclic) bond motifs is 1. The molecule has 2 rings (SSSR count). The maximum absolute atomic E-state index is 6.38. The minimum atomic E-state index is -0.137. The summed E-state index contributed by atoms with van der Waals surface area (Å²) in [5.74, 6) is 0.917. The van der Waals surface area contributed by atoms with E-state index in [4.69, 9.17) is 28.2 Å². The number of nitrogens with zero attached hydrogens (tertiary/aromatic N) is 2. The molecule has 0 fully saturated rings. The van der Waals surface area contributed by atoms with E-state index >= 15 is 0 Å². The molecule has 1 aromatic carbocycles. The lowest BCUT2D eigenvalue weighted by Crippen LogP contribution is -2.33. The molecule has 0 aliphatic heterocycles. The molecule has 110 valence electrons. The SMILES string of the molecule is CCC(CC)(CC)n1c(C(C)Cl)nc2c(Cl)cccc21. The van der Waals surface area contributed by atoms with Crippen molar-refractivity contribution in [2.24, 2.45) is 0 Å². The summed E-state index contributed by atoms with van der Waals surface area (Å²) in [6.45, 7) is 8.66. The summed E-state index contributed by atoms with van der Waals surface area (Å²) < 4.78 is 2.33. The molecule has 1 aromatic heterocycles. The van der Waals surface area contributed by atoms with Crippen LogP contribution < -0.4 is 0 Å². The van der Waals surface area contributed by atoms with Gasteiger partial charge in [-0.1, -0.05) is 38.4 Å². The number of rotatable bonds is 5. The highest BCUT2D eigenvalue weighted by atomic mass is 35.5. The number of hydrogen-bond donors (Lipinski definition) is 0. The van der Waals surface area contributed by atoms with Crippen LogP contribution >= 0.6 is 23.2 Å². The molecule has 0 saturated heterocycles. The Morgan fingerprint density at radius 1 is 1.20 bits per heavy atom. The fraction of sp³-hybridized carbons (Fsp3) is 0.562. The molecule has 0 N–H and O–H groups in total. The average Bonchev–Trinajstić information content (AvgIpc) is 2.84. The fourth-order valence-corrected chi connectivity index (χ4v) is 3.43. The second kappa shape index (κ2) is 5.95. The third kappa shape index (κ3) is 2.33. The van der Waals surface area contributed by atoms with Crippen molar-refractivity contribution in [2.75, 3.05) is 0 Å². The largest absolute Gasteiger partial charge is 0.320 e. The molecule has 4 heteroatoms. The maximum Gasteiger partial charge on any atom is 0.128 e. The van der Waals surface area contributed by atoms with Gasteiger partial charge in [0.1, 0.15) is 11.3 Å². The molecule has 1 heterocycles. The maximum atomic E-state index is 6.38. The highest BCUT2D eigenvalue weighted by Crippen LogP contribution is 2.38. The van der Waals surface area contributed by atoms with Crippen molar-refractivity contribution in [3.63, 3.8) is 0 Å². The van der Waals surface area contributed by atoms with Gasteiger partial charge >= 0.3 is 0 Å². The molecule has 1 atom stereocenters. The first kappa shape index (κ1) is 15.7. The van der Waals surface area contributed by atoms with E-state index in [0.29, 0.717) is 5.02 Å². The summed E-state index contributed by atoms with van der Waals surface area (Å²) in [6.07, 6.45) is 3.15. The highest BCUT2D eigenvalue weighted by molar-refractivity contribution is 6.35. The van der Waals surface area contributed by atoms with Crippen LogP contribution in [0.4, 0.5) is 0 Å². The third-order valence-electron chi connectivity index (χ3n) is 4.47. The van der Waals surface area contributed by atoms with Crippen LogP contribution in [0.25, 0.3) is 11.0 Å². The highest BCUT2D eigenvalue weighted by Gasteiger charge is 2.32. The van der Waals surface area contributed by atoms with Gasteiger partial charge in [0.2, 0.25) is 0 Å². The lowest BCUT2D eigenvalue weighted by molar-refractivity contribution is 0.251. The Morgan fingerprint density at radius 3 is 2.30 bits per heavy atom. The van der Waals surface area contributed by atoms with E-state index in [1.165, 1.54) is 0 Å². The minimum Gasteiger partial charge on any atom is -0.320 e. The fourth-order valence-electron chi connectivity index (χ4n) is 3.07. The number of alkyl halides is 1. The number of benzene rings is 1. The smallest absolute Gasteiger partial charge is 0.128 e. The van der Waals surface area contributed by atoms with Gasteiger partial charge in [-0.15, -0.1) is 11.6 Å². The number of para-hydroxylation sites is 1. The summed E-state index contributed by atoms with van der Waals surface area (Å²) in [6, 6.07) is 5.96. The lowest BCUT2D eigenvalue weighted by atomic mass is 9.89. The van der Waals surface area contributed by atoms with Crippen LogP contribution in [0.5, 0.6) is 0 Å². The molecule has 0 radical (unpaired) electrons. The van der Waals surface area contributed by atoms with Gasteiger partial charge in [-0.3, -0.25) is 0 Å². The molecule has 0 aliphatic rings. The molecule has 0 bridgehead atoms. The van der Waals surface area contributed by atoms with Gasteiger partial charge in [-0.25, -0.2) is 4.98 Å². The molecule has 0 amide bonds. The van der Waals surface area contributed by atoms with Gasteiger partial charge in [0.15, 0.2) is 0 Å². The molecule has 1 unspecified atom stereocenters. The first-order valence-corrected chi connectivity index (χ1v) is 8.13. The van der Waals surface area contributed by atoms with Gasteiger partial charge in [0, 0.05) is 5.54 Å². The van der Waals surface area contributed by atoms with Crippen LogP contribution in [0.1, 0.15) is 58.2 Å². The van der Waals surface area contributed by atoms with Crippen molar-refractivity contribution in [1.29, 1.82) is 0 Å². The second-order valence-corrected chi connectivity index (χ2v) is 6.38. The Labute approximate surface area is 131 Å². The zero-order valence-electron chi connectivity index (χ0n) is 12.6. The summed E-state index contributed by atoms with van der Waals surface area (Å²) in [7, 11) is 0. The average molecular weight is 313 g/mol. The van der Waals surface area contributed by atoms with Crippen LogP contribution in [0.2, 0.25) is 5.02 Å². The number of imidazole rings is 1. The normalized spacial score (nSPS) is 13.9. The monoisotopic (exact) mass is 312 g/mol. The molecule has 2 aromatic rings. The zero-order chi connectivity index (χ0) is 14.9. The van der Waals surface area contributed by atoms with Crippen LogP contribution in [-0.2, 0) is 5.54 Å². The number of hydrogen-bond acceptors (Lipinski definition) is 1. The Bertz CT molecular complexity index is 590. The van der Waals surface area contributed by atoms with Crippen molar-refractivity contribution in [2.45, 2.75) is 57.9 Å². The summed E-state index contributed by atoms with van der Waals surface area (Å²) in [5, 5.41) is 0.555. The summed E-state index contributed by atoms with van der Waals surface area (Å²) >= 11 is 12.7. The van der Waals surface area contributed by atoms with E-state index in [1.807, 2.05) is 19.1 Å². The predicted octanol–water partition coefficient (Wildman–Crippen LogP) is 5.91. The van der Waals surface area contributed by atoms with Gasteiger partial charge in [-0.2, -0.15) is 0 Å². The Hall–Kier alpha value is -0.730. The van der Waals surface area contributed by atoms with E-state index in [0.717, 1.165) is 36.1 Å². The quantitative estimate of drug-likeness (QED) is 0.627. The minimum absolute atomic E-state index is 0.0535. The zero-order valence-corrected chi connectivity index (χ0v) is 14.1. The molecule has 0 saturated carbocycles.